The minimum atomic E-state index is -1.04. The summed E-state index contributed by atoms with van der Waals surface area (Å²) in [5, 5.41) is 2.22. The van der Waals surface area contributed by atoms with E-state index in [1.807, 2.05) is 6.07 Å². The Labute approximate surface area is 170 Å². The molecule has 0 spiro atoms. The minimum absolute atomic E-state index is 0.107. The molecule has 2 heterocycles. The lowest BCUT2D eigenvalue weighted by molar-refractivity contribution is -0.112. The second kappa shape index (κ2) is 7.79. The Morgan fingerprint density at radius 3 is 2.47 bits per heavy atom. The highest BCUT2D eigenvalue weighted by molar-refractivity contribution is 6.47. The fraction of sp³-hybridized carbons (Fsp3) is 0.0435. The highest BCUT2D eigenvalue weighted by atomic mass is 19.1. The van der Waals surface area contributed by atoms with Crippen LogP contribution in [0.25, 0.3) is 16.6 Å². The Hall–Kier alpha value is -4.00. The summed E-state index contributed by atoms with van der Waals surface area (Å²) in [4.78, 5) is 25.8. The molecule has 0 fully saturated rings. The molecule has 1 N–H and O–H groups in total. The summed E-state index contributed by atoms with van der Waals surface area (Å²) in [7, 11) is 1.51. The van der Waals surface area contributed by atoms with Crippen molar-refractivity contribution in [3.63, 3.8) is 0 Å². The van der Waals surface area contributed by atoms with Gasteiger partial charge in [-0.3, -0.25) is 9.59 Å². The first-order valence-electron chi connectivity index (χ1n) is 9.04. The number of ketones is 1. The first kappa shape index (κ1) is 19.3. The van der Waals surface area contributed by atoms with Crippen molar-refractivity contribution < 1.29 is 23.1 Å². The average Bonchev–Trinajstić information content (AvgIpc) is 3.14. The molecule has 30 heavy (non-hydrogen) atoms. The number of pyridine rings is 1. The SMILES string of the molecule is COc1ccccc1-c1cc2ccccn2c1C(=O)C(=O)Nc1ccc(F)cc1F. The number of aromatic nitrogens is 1. The third kappa shape index (κ3) is 3.41. The van der Waals surface area contributed by atoms with Crippen LogP contribution in [0.4, 0.5) is 14.5 Å². The van der Waals surface area contributed by atoms with Gasteiger partial charge in [-0.15, -0.1) is 0 Å². The molecule has 0 aliphatic rings. The van der Waals surface area contributed by atoms with E-state index >= 15 is 0 Å². The number of methoxy groups -OCH3 is 1. The number of amides is 1. The van der Waals surface area contributed by atoms with E-state index in [1.165, 1.54) is 7.11 Å². The van der Waals surface area contributed by atoms with E-state index in [1.54, 1.807) is 53.1 Å². The van der Waals surface area contributed by atoms with Crippen LogP contribution in [-0.4, -0.2) is 23.2 Å². The highest BCUT2D eigenvalue weighted by Gasteiger charge is 2.26. The van der Waals surface area contributed by atoms with E-state index in [0.29, 0.717) is 28.5 Å². The number of fused-ring (bicyclic) bond motifs is 1. The molecule has 0 aliphatic heterocycles. The number of carbonyl (C=O) groups excluding carboxylic acids is 2. The number of para-hydroxylation sites is 1. The summed E-state index contributed by atoms with van der Waals surface area (Å²) in [5.41, 5.74) is 1.65. The van der Waals surface area contributed by atoms with Gasteiger partial charge in [-0.05, 0) is 36.4 Å². The van der Waals surface area contributed by atoms with Crippen LogP contribution in [0.2, 0.25) is 0 Å². The maximum atomic E-state index is 13.9. The Morgan fingerprint density at radius 1 is 0.933 bits per heavy atom. The zero-order valence-electron chi connectivity index (χ0n) is 15.9. The van der Waals surface area contributed by atoms with Crippen molar-refractivity contribution in [1.82, 2.24) is 4.40 Å². The Balaban J connectivity index is 1.81. The summed E-state index contributed by atoms with van der Waals surface area (Å²) >= 11 is 0. The average molecular weight is 406 g/mol. The third-order valence-corrected chi connectivity index (χ3v) is 4.68. The highest BCUT2D eigenvalue weighted by Crippen LogP contribution is 2.35. The molecule has 150 valence electrons. The lowest BCUT2D eigenvalue weighted by Crippen LogP contribution is -2.25. The molecule has 0 radical (unpaired) electrons. The molecular formula is C23H16F2N2O3. The molecule has 5 nitrogen and oxygen atoms in total. The van der Waals surface area contributed by atoms with Gasteiger partial charge in [0.2, 0.25) is 0 Å². The second-order valence-electron chi connectivity index (χ2n) is 6.51. The van der Waals surface area contributed by atoms with E-state index in [4.69, 9.17) is 4.74 Å². The number of nitrogens with one attached hydrogen (secondary N) is 1. The summed E-state index contributed by atoms with van der Waals surface area (Å²) < 4.78 is 34.0. The van der Waals surface area contributed by atoms with E-state index in [0.717, 1.165) is 12.1 Å². The van der Waals surface area contributed by atoms with Crippen molar-refractivity contribution in [3.8, 4) is 16.9 Å². The smallest absolute Gasteiger partial charge is 0.298 e. The molecule has 1 amide bonds. The number of rotatable bonds is 5. The number of hydrogen-bond acceptors (Lipinski definition) is 3. The predicted molar refractivity (Wildman–Crippen MR) is 109 cm³/mol. The summed E-state index contributed by atoms with van der Waals surface area (Å²) in [5.74, 6) is -3.13. The van der Waals surface area contributed by atoms with Crippen LogP contribution in [0.5, 0.6) is 5.75 Å². The molecule has 0 aliphatic carbocycles. The van der Waals surface area contributed by atoms with Gasteiger partial charge in [-0.1, -0.05) is 24.3 Å². The van der Waals surface area contributed by atoms with Crippen LogP contribution < -0.4 is 10.1 Å². The number of nitrogens with zero attached hydrogens (tertiary/aromatic N) is 1. The fourth-order valence-corrected chi connectivity index (χ4v) is 3.31. The molecule has 0 saturated heterocycles. The second-order valence-corrected chi connectivity index (χ2v) is 6.51. The molecule has 4 aromatic rings. The molecule has 0 atom stereocenters. The van der Waals surface area contributed by atoms with Gasteiger partial charge >= 0.3 is 0 Å². The topological polar surface area (TPSA) is 59.8 Å². The van der Waals surface area contributed by atoms with Crippen LogP contribution in [0, 0.1) is 11.6 Å². The van der Waals surface area contributed by atoms with Crippen molar-refractivity contribution in [2.24, 2.45) is 0 Å². The van der Waals surface area contributed by atoms with E-state index in [9.17, 15) is 18.4 Å². The van der Waals surface area contributed by atoms with E-state index in [2.05, 4.69) is 5.32 Å². The Morgan fingerprint density at radius 2 is 1.70 bits per heavy atom. The summed E-state index contributed by atoms with van der Waals surface area (Å²) in [6.45, 7) is 0. The van der Waals surface area contributed by atoms with Gasteiger partial charge in [0.05, 0.1) is 12.8 Å². The van der Waals surface area contributed by atoms with Crippen molar-refractivity contribution >= 4 is 22.9 Å². The van der Waals surface area contributed by atoms with E-state index < -0.39 is 23.3 Å². The molecule has 0 saturated carbocycles. The Kier molecular flexibility index (Phi) is 5.02. The monoisotopic (exact) mass is 406 g/mol. The largest absolute Gasteiger partial charge is 0.496 e. The van der Waals surface area contributed by atoms with Gasteiger partial charge in [0.25, 0.3) is 11.7 Å². The Bertz CT molecular complexity index is 1280. The van der Waals surface area contributed by atoms with Crippen molar-refractivity contribution in [2.45, 2.75) is 0 Å². The van der Waals surface area contributed by atoms with Gasteiger partial charge in [-0.2, -0.15) is 0 Å². The molecule has 2 aromatic carbocycles. The fourth-order valence-electron chi connectivity index (χ4n) is 3.31. The minimum Gasteiger partial charge on any atom is -0.496 e. The third-order valence-electron chi connectivity index (χ3n) is 4.68. The lowest BCUT2D eigenvalue weighted by Gasteiger charge is -2.10. The molecular weight excluding hydrogens is 390 g/mol. The molecule has 0 unspecified atom stereocenters. The molecule has 2 aromatic heterocycles. The van der Waals surface area contributed by atoms with Crippen molar-refractivity contribution in [3.05, 3.63) is 90.3 Å². The zero-order valence-corrected chi connectivity index (χ0v) is 15.9. The van der Waals surface area contributed by atoms with Crippen LogP contribution in [0.15, 0.2) is 72.9 Å². The standard InChI is InChI=1S/C23H16F2N2O3/c1-30-20-8-3-2-7-16(20)17-13-15-6-4-5-11-27(15)21(17)22(28)23(29)26-19-10-9-14(24)12-18(19)25/h2-13H,1H3,(H,26,29). The number of hydrogen-bond donors (Lipinski definition) is 1. The lowest BCUT2D eigenvalue weighted by atomic mass is 10.0. The predicted octanol–water partition coefficient (Wildman–Crippen LogP) is 4.71. The zero-order chi connectivity index (χ0) is 21.3. The van der Waals surface area contributed by atoms with Gasteiger partial charge in [0.15, 0.2) is 0 Å². The van der Waals surface area contributed by atoms with Gasteiger partial charge in [-0.25, -0.2) is 8.78 Å². The maximum absolute atomic E-state index is 13.9. The van der Waals surface area contributed by atoms with Crippen LogP contribution >= 0.6 is 0 Å². The van der Waals surface area contributed by atoms with Gasteiger partial charge in [0, 0.05) is 28.9 Å². The quantitative estimate of drug-likeness (QED) is 0.386. The number of benzene rings is 2. The molecule has 7 heteroatoms. The molecule has 4 rings (SSSR count). The van der Waals surface area contributed by atoms with Crippen molar-refractivity contribution in [2.75, 3.05) is 12.4 Å². The van der Waals surface area contributed by atoms with Gasteiger partial charge in [0.1, 0.15) is 23.1 Å². The van der Waals surface area contributed by atoms with Crippen molar-refractivity contribution in [1.29, 1.82) is 0 Å². The number of carbonyl (C=O) groups is 2. The number of halogens is 2. The number of ether oxygens (including phenoxy) is 1. The summed E-state index contributed by atoms with van der Waals surface area (Å²) in [6.07, 6.45) is 1.66. The number of anilines is 1. The summed E-state index contributed by atoms with van der Waals surface area (Å²) in [6, 6.07) is 16.9. The normalized spacial score (nSPS) is 10.8. The first-order chi connectivity index (χ1) is 14.5. The van der Waals surface area contributed by atoms with E-state index in [-0.39, 0.29) is 11.4 Å². The van der Waals surface area contributed by atoms with Crippen LogP contribution in [0.3, 0.4) is 0 Å². The maximum Gasteiger partial charge on any atom is 0.298 e. The number of Topliss-reactive ketones (excluding diaryl/α,β-unsaturated/α-hetero) is 1. The van der Waals surface area contributed by atoms with Crippen LogP contribution in [0.1, 0.15) is 10.5 Å². The first-order valence-corrected chi connectivity index (χ1v) is 9.04. The molecule has 0 bridgehead atoms. The van der Waals surface area contributed by atoms with Gasteiger partial charge < -0.3 is 14.5 Å². The van der Waals surface area contributed by atoms with Crippen LogP contribution in [-0.2, 0) is 4.79 Å².